The Kier molecular flexibility index (Phi) is 2.34. The van der Waals surface area contributed by atoms with Crippen LogP contribution in [0.15, 0.2) is 42.5 Å². The second kappa shape index (κ2) is 3.65. The molecule has 0 unspecified atom stereocenters. The summed E-state index contributed by atoms with van der Waals surface area (Å²) in [4.78, 5) is 0. The van der Waals surface area contributed by atoms with E-state index >= 15 is 0 Å². The zero-order valence-electron chi connectivity index (χ0n) is 8.70. The molecule has 0 bridgehead atoms. The molecule has 15 heavy (non-hydrogen) atoms. The maximum Gasteiger partial charge on any atom is 0.0394 e. The van der Waals surface area contributed by atoms with Crippen molar-refractivity contribution in [1.82, 2.24) is 0 Å². The van der Waals surface area contributed by atoms with Crippen LogP contribution in [0, 0.1) is 6.92 Å². The van der Waals surface area contributed by atoms with Crippen LogP contribution in [0.5, 0.6) is 0 Å². The Bertz CT molecular complexity index is 490. The van der Waals surface area contributed by atoms with Gasteiger partial charge in [0.25, 0.3) is 0 Å². The fourth-order valence-corrected chi connectivity index (χ4v) is 1.65. The Balaban J connectivity index is 2.64. The molecule has 4 N–H and O–H groups in total. The highest BCUT2D eigenvalue weighted by Crippen LogP contribution is 2.30. The number of aryl methyl sites for hydroxylation is 1. The van der Waals surface area contributed by atoms with Gasteiger partial charge in [0.2, 0.25) is 0 Å². The minimum Gasteiger partial charge on any atom is -0.398 e. The molecule has 0 radical (unpaired) electrons. The monoisotopic (exact) mass is 198 g/mol. The highest BCUT2D eigenvalue weighted by atomic mass is 14.6. The van der Waals surface area contributed by atoms with Gasteiger partial charge in [0, 0.05) is 22.5 Å². The topological polar surface area (TPSA) is 52.0 Å². The molecule has 0 aromatic heterocycles. The van der Waals surface area contributed by atoms with Crippen LogP contribution in [0.2, 0.25) is 0 Å². The van der Waals surface area contributed by atoms with Crippen LogP contribution < -0.4 is 11.5 Å². The van der Waals surface area contributed by atoms with Crippen LogP contribution in [0.3, 0.4) is 0 Å². The zero-order valence-corrected chi connectivity index (χ0v) is 8.70. The van der Waals surface area contributed by atoms with Crippen molar-refractivity contribution < 1.29 is 0 Å². The first-order chi connectivity index (χ1) is 7.18. The molecule has 2 heteroatoms. The highest BCUT2D eigenvalue weighted by Gasteiger charge is 2.05. The van der Waals surface area contributed by atoms with E-state index in [9.17, 15) is 0 Å². The summed E-state index contributed by atoms with van der Waals surface area (Å²) in [7, 11) is 0. The SMILES string of the molecule is Cc1ccc(N)c(-c2ccccc2N)c1. The van der Waals surface area contributed by atoms with Crippen molar-refractivity contribution in [3.05, 3.63) is 48.0 Å². The van der Waals surface area contributed by atoms with E-state index in [0.29, 0.717) is 0 Å². The average molecular weight is 198 g/mol. The lowest BCUT2D eigenvalue weighted by Gasteiger charge is -2.09. The predicted molar refractivity (Wildman–Crippen MR) is 65.4 cm³/mol. The molecule has 0 atom stereocenters. The number of hydrogen-bond acceptors (Lipinski definition) is 2. The molecule has 0 spiro atoms. The second-order valence-electron chi connectivity index (χ2n) is 3.68. The van der Waals surface area contributed by atoms with Crippen LogP contribution in [0.1, 0.15) is 5.56 Å². The number of anilines is 2. The Morgan fingerprint density at radius 1 is 0.800 bits per heavy atom. The molecule has 76 valence electrons. The number of para-hydroxylation sites is 1. The van der Waals surface area contributed by atoms with Gasteiger partial charge in [-0.2, -0.15) is 0 Å². The highest BCUT2D eigenvalue weighted by molar-refractivity contribution is 5.84. The van der Waals surface area contributed by atoms with Gasteiger partial charge in [0.05, 0.1) is 0 Å². The lowest BCUT2D eigenvalue weighted by molar-refractivity contribution is 1.47. The predicted octanol–water partition coefficient (Wildman–Crippen LogP) is 2.83. The van der Waals surface area contributed by atoms with Gasteiger partial charge >= 0.3 is 0 Å². The first kappa shape index (κ1) is 9.59. The van der Waals surface area contributed by atoms with Crippen molar-refractivity contribution >= 4 is 11.4 Å². The van der Waals surface area contributed by atoms with Crippen molar-refractivity contribution in [2.75, 3.05) is 11.5 Å². The molecule has 0 aliphatic carbocycles. The van der Waals surface area contributed by atoms with E-state index in [-0.39, 0.29) is 0 Å². The normalized spacial score (nSPS) is 10.2. The van der Waals surface area contributed by atoms with Crippen molar-refractivity contribution in [2.24, 2.45) is 0 Å². The maximum absolute atomic E-state index is 5.93. The van der Waals surface area contributed by atoms with Crippen LogP contribution in [-0.4, -0.2) is 0 Å². The van der Waals surface area contributed by atoms with Crippen LogP contribution in [0.25, 0.3) is 11.1 Å². The van der Waals surface area contributed by atoms with Crippen LogP contribution in [0.4, 0.5) is 11.4 Å². The molecule has 2 nitrogen and oxygen atoms in total. The van der Waals surface area contributed by atoms with Crippen molar-refractivity contribution in [1.29, 1.82) is 0 Å². The quantitative estimate of drug-likeness (QED) is 0.692. The Hall–Kier alpha value is -1.96. The molecule has 2 aromatic rings. The summed E-state index contributed by atoms with van der Waals surface area (Å²) in [6.07, 6.45) is 0. The standard InChI is InChI=1S/C13H14N2/c1-9-6-7-13(15)11(8-9)10-4-2-3-5-12(10)14/h2-8H,14-15H2,1H3. The van der Waals surface area contributed by atoms with E-state index in [4.69, 9.17) is 11.5 Å². The molecule has 0 fully saturated rings. The fourth-order valence-electron chi connectivity index (χ4n) is 1.65. The van der Waals surface area contributed by atoms with E-state index in [1.807, 2.05) is 43.3 Å². The number of hydrogen-bond donors (Lipinski definition) is 2. The van der Waals surface area contributed by atoms with E-state index in [1.165, 1.54) is 5.56 Å². The molecule has 2 aromatic carbocycles. The third-order valence-electron chi connectivity index (χ3n) is 2.46. The van der Waals surface area contributed by atoms with Gasteiger partial charge in [-0.25, -0.2) is 0 Å². The molecular weight excluding hydrogens is 184 g/mol. The molecule has 0 aliphatic rings. The summed E-state index contributed by atoms with van der Waals surface area (Å²) in [5.41, 5.74) is 16.6. The van der Waals surface area contributed by atoms with Crippen LogP contribution in [-0.2, 0) is 0 Å². The first-order valence-corrected chi connectivity index (χ1v) is 4.89. The van der Waals surface area contributed by atoms with Crippen molar-refractivity contribution in [3.63, 3.8) is 0 Å². The molecule has 0 saturated carbocycles. The Labute approximate surface area is 89.5 Å². The number of nitrogens with two attached hydrogens (primary N) is 2. The largest absolute Gasteiger partial charge is 0.398 e. The summed E-state index contributed by atoms with van der Waals surface area (Å²) in [6, 6.07) is 13.7. The van der Waals surface area contributed by atoms with Gasteiger partial charge in [-0.1, -0.05) is 29.8 Å². The third kappa shape index (κ3) is 1.79. The minimum absolute atomic E-state index is 0.759. The smallest absolute Gasteiger partial charge is 0.0394 e. The fraction of sp³-hybridized carbons (Fsp3) is 0.0769. The van der Waals surface area contributed by atoms with Gasteiger partial charge in [-0.15, -0.1) is 0 Å². The van der Waals surface area contributed by atoms with Crippen molar-refractivity contribution in [2.45, 2.75) is 6.92 Å². The molecular formula is C13H14N2. The lowest BCUT2D eigenvalue weighted by atomic mass is 10.0. The molecule has 2 rings (SSSR count). The minimum atomic E-state index is 0.759. The Morgan fingerprint density at radius 3 is 2.20 bits per heavy atom. The maximum atomic E-state index is 5.93. The zero-order chi connectivity index (χ0) is 10.8. The number of nitrogen functional groups attached to an aromatic ring is 2. The van der Waals surface area contributed by atoms with Gasteiger partial charge in [-0.05, 0) is 25.1 Å². The van der Waals surface area contributed by atoms with Gasteiger partial charge < -0.3 is 11.5 Å². The molecule has 0 aliphatic heterocycles. The summed E-state index contributed by atoms with van der Waals surface area (Å²) in [5, 5.41) is 0. The summed E-state index contributed by atoms with van der Waals surface area (Å²) in [5.74, 6) is 0. The van der Waals surface area contributed by atoms with E-state index in [1.54, 1.807) is 0 Å². The average Bonchev–Trinajstić information content (AvgIpc) is 2.23. The summed E-state index contributed by atoms with van der Waals surface area (Å²) < 4.78 is 0. The molecule has 0 amide bonds. The lowest BCUT2D eigenvalue weighted by Crippen LogP contribution is -1.94. The summed E-state index contributed by atoms with van der Waals surface area (Å²) in [6.45, 7) is 2.04. The van der Waals surface area contributed by atoms with Gasteiger partial charge in [-0.3, -0.25) is 0 Å². The van der Waals surface area contributed by atoms with Gasteiger partial charge in [0.15, 0.2) is 0 Å². The third-order valence-corrected chi connectivity index (χ3v) is 2.46. The van der Waals surface area contributed by atoms with E-state index in [0.717, 1.165) is 22.5 Å². The van der Waals surface area contributed by atoms with Crippen molar-refractivity contribution in [3.8, 4) is 11.1 Å². The first-order valence-electron chi connectivity index (χ1n) is 4.89. The van der Waals surface area contributed by atoms with Crippen LogP contribution >= 0.6 is 0 Å². The van der Waals surface area contributed by atoms with E-state index < -0.39 is 0 Å². The summed E-state index contributed by atoms with van der Waals surface area (Å²) >= 11 is 0. The number of rotatable bonds is 1. The molecule has 0 heterocycles. The van der Waals surface area contributed by atoms with E-state index in [2.05, 4.69) is 6.07 Å². The Morgan fingerprint density at radius 2 is 1.47 bits per heavy atom. The number of benzene rings is 2. The van der Waals surface area contributed by atoms with Gasteiger partial charge in [0.1, 0.15) is 0 Å². The second-order valence-corrected chi connectivity index (χ2v) is 3.68. The molecule has 0 saturated heterocycles.